The highest BCUT2D eigenvalue weighted by atomic mass is 16.3. The van der Waals surface area contributed by atoms with Crippen LogP contribution in [0.2, 0.25) is 0 Å². The second-order valence-corrected chi connectivity index (χ2v) is 3.96. The molecule has 0 radical (unpaired) electrons. The van der Waals surface area contributed by atoms with Crippen LogP contribution in [0, 0.1) is 17.8 Å². The van der Waals surface area contributed by atoms with Gasteiger partial charge in [0, 0.05) is 25.0 Å². The Hall–Kier alpha value is -0.160. The Morgan fingerprint density at radius 3 is 2.08 bits per heavy atom. The second kappa shape index (κ2) is 4.37. The van der Waals surface area contributed by atoms with Crippen LogP contribution in [-0.4, -0.2) is 45.8 Å². The molecule has 0 amide bonds. The fourth-order valence-electron chi connectivity index (χ4n) is 2.16. The molecule has 4 nitrogen and oxygen atoms in total. The molecule has 1 aliphatic carbocycles. The van der Waals surface area contributed by atoms with Gasteiger partial charge in [-0.15, -0.1) is 0 Å². The Balaban J connectivity index is 2.71. The Bertz CT molecular complexity index is 162. The average Bonchev–Trinajstić information content (AvgIpc) is 2.10. The first-order valence-electron chi connectivity index (χ1n) is 4.69. The lowest BCUT2D eigenvalue weighted by Gasteiger charge is -2.40. The van der Waals surface area contributed by atoms with Crippen LogP contribution in [0.5, 0.6) is 0 Å². The van der Waals surface area contributed by atoms with Gasteiger partial charge in [0.05, 0.1) is 12.2 Å². The molecule has 0 spiro atoms. The van der Waals surface area contributed by atoms with E-state index in [1.807, 2.05) is 6.92 Å². The first-order chi connectivity index (χ1) is 6.11. The van der Waals surface area contributed by atoms with E-state index < -0.39 is 24.0 Å². The molecule has 13 heavy (non-hydrogen) atoms. The van der Waals surface area contributed by atoms with Crippen LogP contribution in [0.25, 0.3) is 0 Å². The smallest absolute Gasteiger partial charge is 0.0621 e. The van der Waals surface area contributed by atoms with Crippen LogP contribution < -0.4 is 0 Å². The van der Waals surface area contributed by atoms with Gasteiger partial charge in [0.1, 0.15) is 0 Å². The van der Waals surface area contributed by atoms with Gasteiger partial charge in [0.15, 0.2) is 0 Å². The lowest BCUT2D eigenvalue weighted by Crippen LogP contribution is -2.48. The molecule has 0 aromatic rings. The molecule has 0 heterocycles. The van der Waals surface area contributed by atoms with Crippen molar-refractivity contribution in [1.82, 2.24) is 0 Å². The number of rotatable bonds is 2. The zero-order chi connectivity index (χ0) is 10.0. The molecular weight excluding hydrogens is 172 g/mol. The van der Waals surface area contributed by atoms with Crippen LogP contribution >= 0.6 is 0 Å². The molecule has 1 aliphatic rings. The summed E-state index contributed by atoms with van der Waals surface area (Å²) in [6, 6.07) is 0. The van der Waals surface area contributed by atoms with Crippen molar-refractivity contribution < 1.29 is 20.4 Å². The van der Waals surface area contributed by atoms with E-state index in [4.69, 9.17) is 10.2 Å². The van der Waals surface area contributed by atoms with Crippen molar-refractivity contribution >= 4 is 0 Å². The second-order valence-electron chi connectivity index (χ2n) is 3.96. The molecule has 0 aromatic heterocycles. The topological polar surface area (TPSA) is 80.9 Å². The molecule has 4 heteroatoms. The van der Waals surface area contributed by atoms with Crippen molar-refractivity contribution in [1.29, 1.82) is 0 Å². The van der Waals surface area contributed by atoms with Gasteiger partial charge in [-0.25, -0.2) is 0 Å². The third-order valence-electron chi connectivity index (χ3n) is 3.10. The van der Waals surface area contributed by atoms with E-state index in [9.17, 15) is 10.2 Å². The summed E-state index contributed by atoms with van der Waals surface area (Å²) in [7, 11) is 0. The third kappa shape index (κ3) is 2.02. The Kier molecular flexibility index (Phi) is 3.67. The SMILES string of the molecule is CC1CC(O)C(CO)C(CO)C1O. The zero-order valence-corrected chi connectivity index (χ0v) is 7.80. The molecule has 1 fully saturated rings. The van der Waals surface area contributed by atoms with Gasteiger partial charge in [0.25, 0.3) is 0 Å². The summed E-state index contributed by atoms with van der Waals surface area (Å²) in [6.45, 7) is 1.47. The van der Waals surface area contributed by atoms with Gasteiger partial charge in [0.2, 0.25) is 0 Å². The molecule has 0 bridgehead atoms. The summed E-state index contributed by atoms with van der Waals surface area (Å²) in [6.07, 6.45) is -0.741. The van der Waals surface area contributed by atoms with Crippen molar-refractivity contribution in [3.05, 3.63) is 0 Å². The maximum atomic E-state index is 9.67. The van der Waals surface area contributed by atoms with Crippen molar-refractivity contribution in [2.45, 2.75) is 25.6 Å². The highest BCUT2D eigenvalue weighted by Crippen LogP contribution is 2.33. The van der Waals surface area contributed by atoms with E-state index in [1.54, 1.807) is 0 Å². The monoisotopic (exact) mass is 190 g/mol. The standard InChI is InChI=1S/C9H18O4/c1-5-2-8(12)6(3-10)7(4-11)9(5)13/h5-13H,2-4H2,1H3. The molecular formula is C9H18O4. The van der Waals surface area contributed by atoms with Crippen molar-refractivity contribution in [3.63, 3.8) is 0 Å². The summed E-state index contributed by atoms with van der Waals surface area (Å²) in [4.78, 5) is 0. The minimum Gasteiger partial charge on any atom is -0.396 e. The van der Waals surface area contributed by atoms with Crippen LogP contribution in [0.15, 0.2) is 0 Å². The van der Waals surface area contributed by atoms with E-state index in [2.05, 4.69) is 0 Å². The quantitative estimate of drug-likeness (QED) is 0.448. The van der Waals surface area contributed by atoms with Gasteiger partial charge < -0.3 is 20.4 Å². The van der Waals surface area contributed by atoms with Gasteiger partial charge in [-0.2, -0.15) is 0 Å². The molecule has 0 aromatic carbocycles. The van der Waals surface area contributed by atoms with Gasteiger partial charge >= 0.3 is 0 Å². The van der Waals surface area contributed by atoms with Crippen molar-refractivity contribution in [3.8, 4) is 0 Å². The Labute approximate surface area is 77.8 Å². The number of aliphatic hydroxyl groups is 4. The first kappa shape index (κ1) is 10.9. The van der Waals surface area contributed by atoms with Crippen molar-refractivity contribution in [2.24, 2.45) is 17.8 Å². The lowest BCUT2D eigenvalue weighted by atomic mass is 9.71. The average molecular weight is 190 g/mol. The third-order valence-corrected chi connectivity index (χ3v) is 3.10. The Morgan fingerprint density at radius 1 is 1.08 bits per heavy atom. The minimum absolute atomic E-state index is 0.0186. The van der Waals surface area contributed by atoms with Crippen LogP contribution in [0.1, 0.15) is 13.3 Å². The number of hydrogen-bond acceptors (Lipinski definition) is 4. The minimum atomic E-state index is -0.620. The zero-order valence-electron chi connectivity index (χ0n) is 7.80. The molecule has 1 rings (SSSR count). The van der Waals surface area contributed by atoms with Gasteiger partial charge in [-0.1, -0.05) is 6.92 Å². The van der Waals surface area contributed by atoms with E-state index in [0.29, 0.717) is 6.42 Å². The van der Waals surface area contributed by atoms with E-state index in [0.717, 1.165) is 0 Å². The number of hydrogen-bond donors (Lipinski definition) is 4. The van der Waals surface area contributed by atoms with Crippen LogP contribution in [0.3, 0.4) is 0 Å². The van der Waals surface area contributed by atoms with Gasteiger partial charge in [-0.3, -0.25) is 0 Å². The molecule has 78 valence electrons. The van der Waals surface area contributed by atoms with Crippen LogP contribution in [-0.2, 0) is 0 Å². The Morgan fingerprint density at radius 2 is 1.62 bits per heavy atom. The normalized spacial score (nSPS) is 46.4. The van der Waals surface area contributed by atoms with Crippen molar-refractivity contribution in [2.75, 3.05) is 13.2 Å². The molecule has 1 saturated carbocycles. The molecule has 0 saturated heterocycles. The predicted molar refractivity (Wildman–Crippen MR) is 46.9 cm³/mol. The van der Waals surface area contributed by atoms with Crippen LogP contribution in [0.4, 0.5) is 0 Å². The summed E-state index contributed by atoms with van der Waals surface area (Å²) < 4.78 is 0. The summed E-state index contributed by atoms with van der Waals surface area (Å²) >= 11 is 0. The molecule has 4 N–H and O–H groups in total. The summed E-state index contributed by atoms with van der Waals surface area (Å²) in [5.41, 5.74) is 0. The highest BCUT2D eigenvalue weighted by molar-refractivity contribution is 4.90. The predicted octanol–water partition coefficient (Wildman–Crippen LogP) is -1.04. The fraction of sp³-hybridized carbons (Fsp3) is 1.00. The summed E-state index contributed by atoms with van der Waals surface area (Å²) in [5, 5.41) is 37.3. The van der Waals surface area contributed by atoms with Gasteiger partial charge in [-0.05, 0) is 12.3 Å². The molecule has 5 atom stereocenters. The fourth-order valence-corrected chi connectivity index (χ4v) is 2.16. The van der Waals surface area contributed by atoms with E-state index in [-0.39, 0.29) is 19.1 Å². The lowest BCUT2D eigenvalue weighted by molar-refractivity contribution is -0.104. The first-order valence-corrected chi connectivity index (χ1v) is 4.69. The largest absolute Gasteiger partial charge is 0.396 e. The maximum absolute atomic E-state index is 9.67. The molecule has 0 aliphatic heterocycles. The summed E-state index contributed by atoms with van der Waals surface area (Å²) in [5.74, 6) is -0.810. The number of aliphatic hydroxyl groups excluding tert-OH is 4. The highest BCUT2D eigenvalue weighted by Gasteiger charge is 2.40. The van der Waals surface area contributed by atoms with E-state index in [1.165, 1.54) is 0 Å². The maximum Gasteiger partial charge on any atom is 0.0621 e. The van der Waals surface area contributed by atoms with E-state index >= 15 is 0 Å². The molecule has 5 unspecified atom stereocenters.